The third-order valence-corrected chi connectivity index (χ3v) is 4.33. The van der Waals surface area contributed by atoms with Gasteiger partial charge in [-0.3, -0.25) is 9.59 Å². The van der Waals surface area contributed by atoms with Crippen LogP contribution in [0.15, 0.2) is 60.8 Å². The summed E-state index contributed by atoms with van der Waals surface area (Å²) < 4.78 is 1.67. The molecule has 4 rings (SSSR count). The second-order valence-corrected chi connectivity index (χ2v) is 6.21. The fraction of sp³-hybridized carbons (Fsp3) is 0.150. The van der Waals surface area contributed by atoms with E-state index in [1.807, 2.05) is 42.5 Å². The van der Waals surface area contributed by atoms with Gasteiger partial charge < -0.3 is 10.6 Å². The van der Waals surface area contributed by atoms with Crippen LogP contribution < -0.4 is 10.6 Å². The molecule has 1 aromatic heterocycles. The molecule has 130 valence electrons. The molecule has 0 saturated carbocycles. The minimum Gasteiger partial charge on any atom is -0.326 e. The van der Waals surface area contributed by atoms with Crippen molar-refractivity contribution in [3.8, 4) is 5.69 Å². The predicted octanol–water partition coefficient (Wildman–Crippen LogP) is 3.40. The van der Waals surface area contributed by atoms with Gasteiger partial charge in [0.2, 0.25) is 5.91 Å². The van der Waals surface area contributed by atoms with Crippen molar-refractivity contribution in [3.63, 3.8) is 0 Å². The van der Waals surface area contributed by atoms with Crippen LogP contribution in [0, 0.1) is 0 Å². The Morgan fingerprint density at radius 3 is 2.77 bits per heavy atom. The Hall–Kier alpha value is -3.41. The molecule has 2 heterocycles. The van der Waals surface area contributed by atoms with Crippen LogP contribution in [0.3, 0.4) is 0 Å². The fourth-order valence-electron chi connectivity index (χ4n) is 3.02. The minimum atomic E-state index is -0.266. The van der Waals surface area contributed by atoms with E-state index in [-0.39, 0.29) is 11.8 Å². The number of amides is 2. The number of hydrogen-bond donors (Lipinski definition) is 2. The van der Waals surface area contributed by atoms with Crippen LogP contribution in [-0.4, -0.2) is 21.6 Å². The summed E-state index contributed by atoms with van der Waals surface area (Å²) in [6.45, 7) is 0. The number of aromatic nitrogens is 2. The van der Waals surface area contributed by atoms with Gasteiger partial charge in [-0.2, -0.15) is 5.10 Å². The van der Waals surface area contributed by atoms with E-state index in [1.54, 1.807) is 23.0 Å². The average Bonchev–Trinajstić information content (AvgIpc) is 3.07. The monoisotopic (exact) mass is 346 g/mol. The summed E-state index contributed by atoms with van der Waals surface area (Å²) in [6, 6.07) is 16.8. The number of hydrogen-bond acceptors (Lipinski definition) is 3. The summed E-state index contributed by atoms with van der Waals surface area (Å²) in [7, 11) is 0. The second kappa shape index (κ2) is 6.84. The van der Waals surface area contributed by atoms with Crippen LogP contribution in [0.4, 0.5) is 11.4 Å². The zero-order chi connectivity index (χ0) is 17.9. The highest BCUT2D eigenvalue weighted by atomic mass is 16.2. The van der Waals surface area contributed by atoms with E-state index in [9.17, 15) is 9.59 Å². The zero-order valence-electron chi connectivity index (χ0n) is 14.1. The van der Waals surface area contributed by atoms with Crippen LogP contribution in [-0.2, 0) is 11.2 Å². The highest BCUT2D eigenvalue weighted by molar-refractivity contribution is 6.03. The molecule has 6 nitrogen and oxygen atoms in total. The summed E-state index contributed by atoms with van der Waals surface area (Å²) in [4.78, 5) is 24.1. The van der Waals surface area contributed by atoms with Gasteiger partial charge in [0.1, 0.15) is 0 Å². The maximum absolute atomic E-state index is 12.5. The highest BCUT2D eigenvalue weighted by Gasteiger charge is 2.15. The van der Waals surface area contributed by atoms with E-state index in [0.717, 1.165) is 29.8 Å². The van der Waals surface area contributed by atoms with Crippen molar-refractivity contribution in [2.75, 3.05) is 10.6 Å². The molecule has 0 aliphatic carbocycles. The Labute approximate surface area is 150 Å². The van der Waals surface area contributed by atoms with Gasteiger partial charge in [-0.05, 0) is 54.8 Å². The Morgan fingerprint density at radius 2 is 1.92 bits per heavy atom. The molecule has 3 aromatic rings. The van der Waals surface area contributed by atoms with E-state index in [2.05, 4.69) is 15.7 Å². The van der Waals surface area contributed by atoms with Crippen molar-refractivity contribution in [2.45, 2.75) is 19.3 Å². The number of rotatable bonds is 3. The molecule has 6 heteroatoms. The van der Waals surface area contributed by atoms with Crippen molar-refractivity contribution in [1.82, 2.24) is 9.78 Å². The molecule has 1 aliphatic heterocycles. The number of anilines is 2. The molecular formula is C20H18N4O2. The number of nitrogens with zero attached hydrogens (tertiary/aromatic N) is 2. The first-order valence-electron chi connectivity index (χ1n) is 8.54. The van der Waals surface area contributed by atoms with Gasteiger partial charge in [0.25, 0.3) is 5.91 Å². The molecule has 1 aliphatic rings. The van der Waals surface area contributed by atoms with E-state index < -0.39 is 0 Å². The van der Waals surface area contributed by atoms with Gasteiger partial charge in [-0.15, -0.1) is 0 Å². The maximum Gasteiger partial charge on any atom is 0.276 e. The van der Waals surface area contributed by atoms with Gasteiger partial charge in [-0.1, -0.05) is 18.2 Å². The largest absolute Gasteiger partial charge is 0.326 e. The predicted molar refractivity (Wildman–Crippen MR) is 99.5 cm³/mol. The number of benzene rings is 2. The van der Waals surface area contributed by atoms with Gasteiger partial charge in [0, 0.05) is 24.0 Å². The maximum atomic E-state index is 12.5. The minimum absolute atomic E-state index is 0.0342. The zero-order valence-corrected chi connectivity index (χ0v) is 14.1. The topological polar surface area (TPSA) is 76.0 Å². The van der Waals surface area contributed by atoms with Gasteiger partial charge >= 0.3 is 0 Å². The van der Waals surface area contributed by atoms with Crippen LogP contribution in [0.2, 0.25) is 0 Å². The van der Waals surface area contributed by atoms with Crippen LogP contribution in [0.1, 0.15) is 28.9 Å². The molecular weight excluding hydrogens is 328 g/mol. The van der Waals surface area contributed by atoms with Gasteiger partial charge in [0.05, 0.1) is 5.69 Å². The molecule has 2 aromatic carbocycles. The molecule has 0 fully saturated rings. The van der Waals surface area contributed by atoms with E-state index in [4.69, 9.17) is 0 Å². The number of nitrogens with one attached hydrogen (secondary N) is 2. The Kier molecular flexibility index (Phi) is 4.23. The van der Waals surface area contributed by atoms with Crippen molar-refractivity contribution in [3.05, 3.63) is 72.1 Å². The highest BCUT2D eigenvalue weighted by Crippen LogP contribution is 2.25. The molecule has 0 radical (unpaired) electrons. The van der Waals surface area contributed by atoms with Crippen LogP contribution >= 0.6 is 0 Å². The van der Waals surface area contributed by atoms with Crippen molar-refractivity contribution < 1.29 is 9.59 Å². The number of carbonyl (C=O) groups is 2. The molecule has 0 atom stereocenters. The summed E-state index contributed by atoms with van der Waals surface area (Å²) in [5.74, 6) is -0.232. The first-order valence-corrected chi connectivity index (χ1v) is 8.54. The van der Waals surface area contributed by atoms with E-state index >= 15 is 0 Å². The normalized spacial score (nSPS) is 13.5. The van der Waals surface area contributed by atoms with Crippen molar-refractivity contribution in [2.24, 2.45) is 0 Å². The van der Waals surface area contributed by atoms with Crippen LogP contribution in [0.5, 0.6) is 0 Å². The molecule has 0 bridgehead atoms. The number of para-hydroxylation sites is 1. The molecule has 2 amide bonds. The summed E-state index contributed by atoms with van der Waals surface area (Å²) >= 11 is 0. The third kappa shape index (κ3) is 3.35. The van der Waals surface area contributed by atoms with E-state index in [0.29, 0.717) is 17.8 Å². The molecule has 0 saturated heterocycles. The summed E-state index contributed by atoms with van der Waals surface area (Å²) in [6.07, 6.45) is 3.89. The standard InChI is InChI=1S/C20H18N4O2/c25-19-8-4-5-14-13-15(9-10-17(14)22-19)21-20(26)18-11-12-24(23-18)16-6-2-1-3-7-16/h1-3,6-7,9-13H,4-5,8H2,(H,21,26)(H,22,25). The van der Waals surface area contributed by atoms with Crippen molar-refractivity contribution in [1.29, 1.82) is 0 Å². The third-order valence-electron chi connectivity index (χ3n) is 4.33. The smallest absolute Gasteiger partial charge is 0.276 e. The van der Waals surface area contributed by atoms with Crippen molar-refractivity contribution >= 4 is 23.2 Å². The SMILES string of the molecule is O=C1CCCc2cc(NC(=O)c3ccn(-c4ccccc4)n3)ccc2N1. The molecule has 2 N–H and O–H groups in total. The lowest BCUT2D eigenvalue weighted by molar-refractivity contribution is -0.116. The molecule has 26 heavy (non-hydrogen) atoms. The van der Waals surface area contributed by atoms with Crippen LogP contribution in [0.25, 0.3) is 5.69 Å². The Balaban J connectivity index is 1.51. The average molecular weight is 346 g/mol. The van der Waals surface area contributed by atoms with Gasteiger partial charge in [0.15, 0.2) is 5.69 Å². The number of fused-ring (bicyclic) bond motifs is 1. The lowest BCUT2D eigenvalue weighted by Gasteiger charge is -2.10. The Bertz CT molecular complexity index is 963. The second-order valence-electron chi connectivity index (χ2n) is 6.21. The van der Waals surface area contributed by atoms with E-state index in [1.165, 1.54) is 0 Å². The lowest BCUT2D eigenvalue weighted by atomic mass is 10.1. The first kappa shape index (κ1) is 16.1. The Morgan fingerprint density at radius 1 is 1.08 bits per heavy atom. The first-order chi connectivity index (χ1) is 12.7. The quantitative estimate of drug-likeness (QED) is 0.763. The molecule has 0 unspecified atom stereocenters. The lowest BCUT2D eigenvalue weighted by Crippen LogP contribution is -2.14. The number of carbonyl (C=O) groups excluding carboxylic acids is 2. The fourth-order valence-corrected chi connectivity index (χ4v) is 3.02. The summed E-state index contributed by atoms with van der Waals surface area (Å²) in [5, 5.41) is 10.1. The van der Waals surface area contributed by atoms with Gasteiger partial charge in [-0.25, -0.2) is 4.68 Å². The number of aryl methyl sites for hydroxylation is 1. The summed E-state index contributed by atoms with van der Waals surface area (Å²) in [5.41, 5.74) is 3.78. The molecule has 0 spiro atoms.